The summed E-state index contributed by atoms with van der Waals surface area (Å²) in [7, 11) is 0. The standard InChI is InChI=1S/C25H27N3O2S/c1-31-22-11-13-24(27-16-22)28-21-10-12-23(26-15-21)20-8-6-19(7-9-20)18-4-2-17(3-5-18)14-25(29)30/h6-13,15-18H,2-5,14H2,1H3,(H,27,28)(H,29,30)/t17-,18+. The highest BCUT2D eigenvalue weighted by atomic mass is 32.2. The van der Waals surface area contributed by atoms with Crippen molar-refractivity contribution in [2.24, 2.45) is 5.92 Å². The number of carboxylic acids is 1. The van der Waals surface area contributed by atoms with E-state index in [1.807, 2.05) is 42.9 Å². The van der Waals surface area contributed by atoms with Gasteiger partial charge in [0.15, 0.2) is 0 Å². The molecule has 0 bridgehead atoms. The SMILES string of the molecule is CSc1ccc(Nc2ccc(-c3ccc([C@H]4CC[C@@H](CC(=O)O)CC4)cc3)nc2)nc1. The second-order valence-corrected chi connectivity index (χ2v) is 8.96. The molecular weight excluding hydrogens is 406 g/mol. The Balaban J connectivity index is 1.36. The molecule has 0 saturated heterocycles. The fourth-order valence-electron chi connectivity index (χ4n) is 4.23. The highest BCUT2D eigenvalue weighted by Gasteiger charge is 2.23. The number of nitrogens with zero attached hydrogens (tertiary/aromatic N) is 2. The first kappa shape index (κ1) is 21.4. The minimum atomic E-state index is -0.675. The van der Waals surface area contributed by atoms with Gasteiger partial charge < -0.3 is 10.4 Å². The van der Waals surface area contributed by atoms with Crippen molar-refractivity contribution in [3.8, 4) is 11.3 Å². The Hall–Kier alpha value is -2.86. The number of pyridine rings is 2. The molecule has 1 fully saturated rings. The third-order valence-electron chi connectivity index (χ3n) is 6.00. The summed E-state index contributed by atoms with van der Waals surface area (Å²) in [5.41, 5.74) is 4.28. The summed E-state index contributed by atoms with van der Waals surface area (Å²) in [4.78, 5) is 21.1. The van der Waals surface area contributed by atoms with E-state index in [-0.39, 0.29) is 0 Å². The minimum Gasteiger partial charge on any atom is -0.481 e. The molecule has 160 valence electrons. The zero-order valence-electron chi connectivity index (χ0n) is 17.6. The van der Waals surface area contributed by atoms with Crippen LogP contribution in [0.5, 0.6) is 0 Å². The van der Waals surface area contributed by atoms with Crippen LogP contribution in [0.3, 0.4) is 0 Å². The van der Waals surface area contributed by atoms with Gasteiger partial charge in [0.05, 0.1) is 17.6 Å². The number of hydrogen-bond acceptors (Lipinski definition) is 5. The van der Waals surface area contributed by atoms with Gasteiger partial charge in [0.2, 0.25) is 0 Å². The van der Waals surface area contributed by atoms with E-state index >= 15 is 0 Å². The summed E-state index contributed by atoms with van der Waals surface area (Å²) in [6, 6.07) is 16.7. The van der Waals surface area contributed by atoms with E-state index in [1.54, 1.807) is 11.8 Å². The third kappa shape index (κ3) is 5.64. The lowest BCUT2D eigenvalue weighted by atomic mass is 9.77. The maximum Gasteiger partial charge on any atom is 0.303 e. The van der Waals surface area contributed by atoms with Gasteiger partial charge in [0.25, 0.3) is 0 Å². The maximum atomic E-state index is 10.9. The molecule has 1 aromatic carbocycles. The minimum absolute atomic E-state index is 0.307. The van der Waals surface area contributed by atoms with Gasteiger partial charge in [-0.3, -0.25) is 9.78 Å². The maximum absolute atomic E-state index is 10.9. The van der Waals surface area contributed by atoms with Gasteiger partial charge in [-0.2, -0.15) is 0 Å². The average Bonchev–Trinajstić information content (AvgIpc) is 2.80. The van der Waals surface area contributed by atoms with Crippen LogP contribution in [0.15, 0.2) is 65.8 Å². The Morgan fingerprint density at radius 2 is 1.77 bits per heavy atom. The molecule has 0 amide bonds. The van der Waals surface area contributed by atoms with Crippen molar-refractivity contribution in [2.75, 3.05) is 11.6 Å². The van der Waals surface area contributed by atoms with Crippen LogP contribution in [-0.2, 0) is 4.79 Å². The molecule has 5 nitrogen and oxygen atoms in total. The van der Waals surface area contributed by atoms with Crippen LogP contribution in [-0.4, -0.2) is 27.3 Å². The Bertz CT molecular complexity index is 996. The predicted molar refractivity (Wildman–Crippen MR) is 126 cm³/mol. The smallest absolute Gasteiger partial charge is 0.303 e. The zero-order chi connectivity index (χ0) is 21.6. The lowest BCUT2D eigenvalue weighted by molar-refractivity contribution is -0.138. The lowest BCUT2D eigenvalue weighted by Crippen LogP contribution is -2.16. The molecule has 0 spiro atoms. The number of benzene rings is 1. The first-order valence-corrected chi connectivity index (χ1v) is 11.9. The van der Waals surface area contributed by atoms with Crippen molar-refractivity contribution in [3.63, 3.8) is 0 Å². The molecule has 6 heteroatoms. The fourth-order valence-corrected chi connectivity index (χ4v) is 4.60. The van der Waals surface area contributed by atoms with Crippen molar-refractivity contribution < 1.29 is 9.90 Å². The molecule has 3 aromatic rings. The van der Waals surface area contributed by atoms with Gasteiger partial charge >= 0.3 is 5.97 Å². The van der Waals surface area contributed by atoms with Gasteiger partial charge in [0, 0.05) is 23.1 Å². The van der Waals surface area contributed by atoms with Gasteiger partial charge in [0.1, 0.15) is 5.82 Å². The van der Waals surface area contributed by atoms with Crippen molar-refractivity contribution >= 4 is 29.2 Å². The van der Waals surface area contributed by atoms with E-state index in [0.29, 0.717) is 18.3 Å². The second-order valence-electron chi connectivity index (χ2n) is 8.08. The molecule has 0 aliphatic heterocycles. The third-order valence-corrected chi connectivity index (χ3v) is 6.71. The molecule has 0 atom stereocenters. The first-order chi connectivity index (χ1) is 15.1. The molecule has 0 unspecified atom stereocenters. The molecule has 2 N–H and O–H groups in total. The number of aliphatic carboxylic acids is 1. The topological polar surface area (TPSA) is 75.1 Å². The Morgan fingerprint density at radius 3 is 2.35 bits per heavy atom. The van der Waals surface area contributed by atoms with E-state index in [1.165, 1.54) is 5.56 Å². The molecular formula is C25H27N3O2S. The highest BCUT2D eigenvalue weighted by Crippen LogP contribution is 2.37. The van der Waals surface area contributed by atoms with E-state index in [9.17, 15) is 4.79 Å². The van der Waals surface area contributed by atoms with Crippen molar-refractivity contribution in [1.82, 2.24) is 9.97 Å². The summed E-state index contributed by atoms with van der Waals surface area (Å²) < 4.78 is 0. The monoisotopic (exact) mass is 433 g/mol. The number of hydrogen-bond donors (Lipinski definition) is 2. The molecule has 2 heterocycles. The van der Waals surface area contributed by atoms with Gasteiger partial charge in [-0.15, -0.1) is 11.8 Å². The second kappa shape index (κ2) is 9.96. The number of carbonyl (C=O) groups is 1. The van der Waals surface area contributed by atoms with Gasteiger partial charge in [-0.05, 0) is 73.6 Å². The molecule has 1 aliphatic carbocycles. The van der Waals surface area contributed by atoms with E-state index in [2.05, 4.69) is 39.6 Å². The number of rotatable bonds is 7. The predicted octanol–water partition coefficient (Wildman–Crippen LogP) is 6.36. The summed E-state index contributed by atoms with van der Waals surface area (Å²) >= 11 is 1.67. The molecule has 2 aromatic heterocycles. The van der Waals surface area contributed by atoms with Crippen molar-refractivity contribution in [1.29, 1.82) is 0 Å². The van der Waals surface area contributed by atoms with Crippen LogP contribution < -0.4 is 5.32 Å². The lowest BCUT2D eigenvalue weighted by Gasteiger charge is -2.28. The van der Waals surface area contributed by atoms with Gasteiger partial charge in [-0.1, -0.05) is 24.3 Å². The van der Waals surface area contributed by atoms with Gasteiger partial charge in [-0.25, -0.2) is 4.98 Å². The Morgan fingerprint density at radius 1 is 1.00 bits per heavy atom. The van der Waals surface area contributed by atoms with Crippen LogP contribution >= 0.6 is 11.8 Å². The molecule has 31 heavy (non-hydrogen) atoms. The van der Waals surface area contributed by atoms with E-state index in [4.69, 9.17) is 5.11 Å². The van der Waals surface area contributed by atoms with Crippen LogP contribution in [0.1, 0.15) is 43.6 Å². The highest BCUT2D eigenvalue weighted by molar-refractivity contribution is 7.98. The molecule has 4 rings (SSSR count). The van der Waals surface area contributed by atoms with Crippen LogP contribution in [0, 0.1) is 5.92 Å². The van der Waals surface area contributed by atoms with Crippen molar-refractivity contribution in [3.05, 3.63) is 66.5 Å². The van der Waals surface area contributed by atoms with E-state index < -0.39 is 5.97 Å². The first-order valence-electron chi connectivity index (χ1n) is 10.7. The number of carboxylic acid groups (broad SMARTS) is 1. The number of aromatic nitrogens is 2. The number of anilines is 2. The normalized spacial score (nSPS) is 18.5. The summed E-state index contributed by atoms with van der Waals surface area (Å²) in [5.74, 6) is 0.993. The number of thioether (sulfide) groups is 1. The Labute approximate surface area is 187 Å². The fraction of sp³-hybridized carbons (Fsp3) is 0.320. The Kier molecular flexibility index (Phi) is 6.87. The van der Waals surface area contributed by atoms with E-state index in [0.717, 1.165) is 53.3 Å². The summed E-state index contributed by atoms with van der Waals surface area (Å²) in [6.45, 7) is 0. The quantitative estimate of drug-likeness (QED) is 0.422. The van der Waals surface area contributed by atoms with Crippen LogP contribution in [0.4, 0.5) is 11.5 Å². The molecule has 1 saturated carbocycles. The zero-order valence-corrected chi connectivity index (χ0v) is 18.4. The average molecular weight is 434 g/mol. The van der Waals surface area contributed by atoms with Crippen LogP contribution in [0.25, 0.3) is 11.3 Å². The van der Waals surface area contributed by atoms with Crippen molar-refractivity contribution in [2.45, 2.75) is 42.9 Å². The summed E-state index contributed by atoms with van der Waals surface area (Å²) in [6.07, 6.45) is 10.2. The summed E-state index contributed by atoms with van der Waals surface area (Å²) in [5, 5.41) is 12.3. The largest absolute Gasteiger partial charge is 0.481 e. The molecule has 1 aliphatic rings. The number of nitrogens with one attached hydrogen (secondary N) is 1. The molecule has 0 radical (unpaired) electrons. The van der Waals surface area contributed by atoms with Crippen LogP contribution in [0.2, 0.25) is 0 Å².